The van der Waals surface area contributed by atoms with Crippen LogP contribution in [0.5, 0.6) is 0 Å². The average molecular weight is 829 g/mol. The van der Waals surface area contributed by atoms with Crippen molar-refractivity contribution in [1.82, 2.24) is 19.6 Å². The molecule has 18 heteroatoms. The highest BCUT2D eigenvalue weighted by Gasteiger charge is 2.24. The number of carbonyl (C=O) groups excluding carboxylic acids is 4. The molecule has 2 saturated heterocycles. The predicted octanol–water partition coefficient (Wildman–Crippen LogP) is 2.06. The minimum atomic E-state index is -3.87. The summed E-state index contributed by atoms with van der Waals surface area (Å²) in [6.07, 6.45) is 0. The lowest BCUT2D eigenvalue weighted by atomic mass is 10.2. The number of benzene rings is 4. The number of hydrogen-bond donors (Lipinski definition) is 4. The molecule has 0 atom stereocenters. The molecular weight excluding hydrogens is 785 g/mol. The van der Waals surface area contributed by atoms with Crippen LogP contribution in [0.2, 0.25) is 0 Å². The fourth-order valence-corrected chi connectivity index (χ4v) is 9.49. The molecule has 0 spiro atoms. The number of nitrogens with one attached hydrogen (secondary N) is 4. The summed E-state index contributed by atoms with van der Waals surface area (Å²) in [4.78, 5) is 59.5. The van der Waals surface area contributed by atoms with E-state index in [0.29, 0.717) is 75.1 Å². The number of nitrogens with zero attached hydrogens (tertiary/aromatic N) is 4. The summed E-state index contributed by atoms with van der Waals surface area (Å²) >= 11 is 0. The Morgan fingerprint density at radius 1 is 0.310 bits per heavy atom. The summed E-state index contributed by atoms with van der Waals surface area (Å²) in [6.45, 7) is 4.91. The van der Waals surface area contributed by atoms with Crippen molar-refractivity contribution < 1.29 is 36.0 Å². The first-order chi connectivity index (χ1) is 27.8. The molecule has 12 aliphatic rings. The number of carbonyl (C=O) groups is 4. The molecular formula is C40H44N8O8S2. The predicted molar refractivity (Wildman–Crippen MR) is 217 cm³/mol. The van der Waals surface area contributed by atoms with Crippen LogP contribution < -0.4 is 21.3 Å². The summed E-state index contributed by atoms with van der Waals surface area (Å²) < 4.78 is 53.5. The van der Waals surface area contributed by atoms with Gasteiger partial charge in [-0.3, -0.25) is 38.8 Å². The van der Waals surface area contributed by atoms with Gasteiger partial charge in [0, 0.05) is 75.1 Å². The molecule has 16 nitrogen and oxygen atoms in total. The Hall–Kier alpha value is -5.50. The second kappa shape index (κ2) is 17.6. The van der Waals surface area contributed by atoms with E-state index in [9.17, 15) is 36.0 Å². The van der Waals surface area contributed by atoms with Gasteiger partial charge in [0.15, 0.2) is 0 Å². The van der Waals surface area contributed by atoms with Crippen LogP contribution in [0.15, 0.2) is 117 Å². The molecule has 4 aromatic carbocycles. The Kier molecular flexibility index (Phi) is 12.3. The van der Waals surface area contributed by atoms with Gasteiger partial charge in [-0.2, -0.15) is 0 Å². The highest BCUT2D eigenvalue weighted by Crippen LogP contribution is 2.26. The molecule has 16 rings (SSSR count). The number of sulfone groups is 2. The van der Waals surface area contributed by atoms with E-state index in [1.54, 1.807) is 0 Å². The van der Waals surface area contributed by atoms with Crippen molar-refractivity contribution in [1.29, 1.82) is 0 Å². The molecule has 304 valence electrons. The van der Waals surface area contributed by atoms with E-state index in [1.807, 2.05) is 19.6 Å². The van der Waals surface area contributed by atoms with Gasteiger partial charge in [-0.1, -0.05) is 0 Å². The topological polar surface area (TPSA) is 198 Å². The second-order valence-electron chi connectivity index (χ2n) is 14.4. The van der Waals surface area contributed by atoms with Gasteiger partial charge >= 0.3 is 0 Å². The smallest absolute Gasteiger partial charge is 0.238 e. The summed E-state index contributed by atoms with van der Waals surface area (Å²) in [7, 11) is -7.74. The van der Waals surface area contributed by atoms with Crippen molar-refractivity contribution in [2.24, 2.45) is 0 Å². The van der Waals surface area contributed by atoms with Crippen LogP contribution in [0, 0.1) is 0 Å². The SMILES string of the molecule is O=C1CN2CCN(CC2)CC(=O)Nc2ccc(cc2)S(=O)(=O)c2ccc(cc2)NC(=O)CN2CCN(CC2)CC(=O)Nc2ccc(cc2)S(=O)(=O)c2ccc(cc2)N1. The third-order valence-electron chi connectivity index (χ3n) is 10.2. The summed E-state index contributed by atoms with van der Waals surface area (Å²) in [6, 6.07) is 23.7. The quantitative estimate of drug-likeness (QED) is 0.202. The van der Waals surface area contributed by atoms with Crippen molar-refractivity contribution in [2.45, 2.75) is 19.6 Å². The highest BCUT2D eigenvalue weighted by molar-refractivity contribution is 7.91. The Morgan fingerprint density at radius 2 is 0.483 bits per heavy atom. The zero-order chi connectivity index (χ0) is 40.9. The number of anilines is 4. The number of rotatable bonds is 0. The maximum absolute atomic E-state index is 13.4. The van der Waals surface area contributed by atoms with Gasteiger partial charge in [-0.05, 0) is 97.1 Å². The summed E-state index contributed by atoms with van der Waals surface area (Å²) in [5, 5.41) is 11.3. The van der Waals surface area contributed by atoms with Crippen LogP contribution in [0.1, 0.15) is 0 Å². The third-order valence-corrected chi connectivity index (χ3v) is 13.8. The van der Waals surface area contributed by atoms with Crippen molar-refractivity contribution in [3.63, 3.8) is 0 Å². The van der Waals surface area contributed by atoms with E-state index >= 15 is 0 Å². The molecule has 0 aromatic heterocycles. The molecule has 12 bridgehead atoms. The van der Waals surface area contributed by atoms with Gasteiger partial charge in [-0.15, -0.1) is 0 Å². The Balaban J connectivity index is 1.02. The molecule has 58 heavy (non-hydrogen) atoms. The van der Waals surface area contributed by atoms with E-state index < -0.39 is 19.7 Å². The lowest BCUT2D eigenvalue weighted by Crippen LogP contribution is -2.50. The largest absolute Gasteiger partial charge is 0.325 e. The highest BCUT2D eigenvalue weighted by atomic mass is 32.2. The zero-order valence-electron chi connectivity index (χ0n) is 31.6. The van der Waals surface area contributed by atoms with Crippen molar-refractivity contribution in [2.75, 3.05) is 99.8 Å². The third kappa shape index (κ3) is 10.1. The average Bonchev–Trinajstić information content (AvgIpc) is 3.20. The standard InChI is InChI=1S/C40H44N8O8S2/c49-37-25-45-17-19-46(20-18-45)26-39(51)43-31-5-13-35(14-6-31)58(55,56)36-15-7-32(8-16-36)44-40(52)28-48-23-21-47(22-24-48)27-38(50)42-30-3-11-34(12-4-30)57(53,54)33-9-1-29(41-37)2-10-33/h1-16H,17-28H2,(H,41,49)(H,42,50)(H,43,51)(H,44,52). The molecule has 4 amide bonds. The van der Waals surface area contributed by atoms with Gasteiger partial charge in [0.1, 0.15) is 0 Å². The maximum Gasteiger partial charge on any atom is 0.238 e. The van der Waals surface area contributed by atoms with Crippen LogP contribution in [0.25, 0.3) is 0 Å². The number of piperazine rings is 2. The van der Waals surface area contributed by atoms with Gasteiger partial charge in [-0.25, -0.2) is 16.8 Å². The van der Waals surface area contributed by atoms with E-state index in [1.165, 1.54) is 97.1 Å². The van der Waals surface area contributed by atoms with E-state index in [4.69, 9.17) is 0 Å². The molecule has 0 aliphatic carbocycles. The fraction of sp³-hybridized carbons (Fsp3) is 0.300. The first kappa shape index (κ1) is 40.7. The van der Waals surface area contributed by atoms with Gasteiger partial charge in [0.2, 0.25) is 43.3 Å². The molecule has 0 radical (unpaired) electrons. The zero-order valence-corrected chi connectivity index (χ0v) is 33.2. The minimum Gasteiger partial charge on any atom is -0.325 e. The molecule has 4 aromatic rings. The van der Waals surface area contributed by atoms with Crippen molar-refractivity contribution in [3.8, 4) is 0 Å². The van der Waals surface area contributed by atoms with Crippen LogP contribution in [0.4, 0.5) is 22.7 Å². The molecule has 12 heterocycles. The Morgan fingerprint density at radius 3 is 0.655 bits per heavy atom. The lowest BCUT2D eigenvalue weighted by Gasteiger charge is -2.33. The van der Waals surface area contributed by atoms with Gasteiger partial charge < -0.3 is 21.3 Å². The lowest BCUT2D eigenvalue weighted by molar-refractivity contribution is -0.120. The molecule has 12 aliphatic heterocycles. The van der Waals surface area contributed by atoms with Crippen molar-refractivity contribution in [3.05, 3.63) is 97.1 Å². The number of amides is 4. The monoisotopic (exact) mass is 828 g/mol. The molecule has 0 unspecified atom stereocenters. The van der Waals surface area contributed by atoms with Crippen LogP contribution >= 0.6 is 0 Å². The van der Waals surface area contributed by atoms with E-state index in [-0.39, 0.29) is 69.4 Å². The van der Waals surface area contributed by atoms with Crippen LogP contribution in [0.3, 0.4) is 0 Å². The van der Waals surface area contributed by atoms with Gasteiger partial charge in [0.05, 0.1) is 45.8 Å². The van der Waals surface area contributed by atoms with Gasteiger partial charge in [0.25, 0.3) is 0 Å². The summed E-state index contributed by atoms with van der Waals surface area (Å²) in [5.74, 6) is -1.03. The minimum absolute atomic E-state index is 0.0526. The molecule has 2 fully saturated rings. The second-order valence-corrected chi connectivity index (χ2v) is 18.3. The first-order valence-corrected chi connectivity index (χ1v) is 21.8. The molecule has 0 saturated carbocycles. The Bertz CT molecular complexity index is 2040. The fourth-order valence-electron chi connectivity index (χ4n) is 6.97. The van der Waals surface area contributed by atoms with Crippen LogP contribution in [-0.4, -0.2) is 139 Å². The molecule has 4 N–H and O–H groups in total. The Labute approximate surface area is 337 Å². The van der Waals surface area contributed by atoms with E-state index in [2.05, 4.69) is 21.3 Å². The van der Waals surface area contributed by atoms with Crippen LogP contribution in [-0.2, 0) is 38.9 Å². The maximum atomic E-state index is 13.4. The summed E-state index contributed by atoms with van der Waals surface area (Å²) in [5.41, 5.74) is 1.79. The first-order valence-electron chi connectivity index (χ1n) is 18.8. The normalized spacial score (nSPS) is 24.3. The number of hydrogen-bond acceptors (Lipinski definition) is 12. The van der Waals surface area contributed by atoms with E-state index in [0.717, 1.165) is 0 Å². The van der Waals surface area contributed by atoms with Crippen molar-refractivity contribution >= 4 is 66.1 Å².